The average Bonchev–Trinajstić information content (AvgIpc) is 2.70. The number of amides is 1. The molecule has 1 aromatic heterocycles. The van der Waals surface area contributed by atoms with E-state index in [0.717, 1.165) is 17.7 Å². The number of anilines is 2. The van der Waals surface area contributed by atoms with Gasteiger partial charge in [-0.1, -0.05) is 36.4 Å². The van der Waals surface area contributed by atoms with Crippen molar-refractivity contribution >= 4 is 17.7 Å². The van der Waals surface area contributed by atoms with Crippen LogP contribution in [-0.2, 0) is 0 Å². The number of nitrogens with zero attached hydrogens (tertiary/aromatic N) is 2. The molecule has 6 heteroatoms. The Balaban J connectivity index is 1.56. The number of carbonyl (C=O) groups excluding carboxylic acids is 1. The van der Waals surface area contributed by atoms with Crippen LogP contribution < -0.4 is 16.4 Å². The predicted octanol–water partition coefficient (Wildman–Crippen LogP) is 3.57. The number of hydrogen-bond acceptors (Lipinski definition) is 5. The van der Waals surface area contributed by atoms with Crippen molar-refractivity contribution in [2.24, 2.45) is 0 Å². The lowest BCUT2D eigenvalue weighted by molar-refractivity contribution is 0.0953. The molecule has 1 heterocycles. The summed E-state index contributed by atoms with van der Waals surface area (Å²) in [6.07, 6.45) is 0.765. The number of hydrogen-bond donors (Lipinski definition) is 3. The summed E-state index contributed by atoms with van der Waals surface area (Å²) in [6, 6.07) is 17.2. The molecule has 2 aromatic carbocycles. The van der Waals surface area contributed by atoms with Gasteiger partial charge in [0.15, 0.2) is 0 Å². The van der Waals surface area contributed by atoms with E-state index < -0.39 is 0 Å². The van der Waals surface area contributed by atoms with E-state index >= 15 is 0 Å². The number of rotatable bonds is 7. The van der Waals surface area contributed by atoms with E-state index in [2.05, 4.69) is 40.5 Å². The van der Waals surface area contributed by atoms with Crippen molar-refractivity contribution in [2.75, 3.05) is 24.1 Å². The third kappa shape index (κ3) is 4.85. The first-order chi connectivity index (χ1) is 13.5. The molecular weight excluding hydrogens is 350 g/mol. The summed E-state index contributed by atoms with van der Waals surface area (Å²) in [4.78, 5) is 20.7. The van der Waals surface area contributed by atoms with E-state index in [4.69, 9.17) is 5.73 Å². The molecule has 28 heavy (non-hydrogen) atoms. The number of carbonyl (C=O) groups is 1. The number of nitrogens with one attached hydrogen (secondary N) is 2. The Kier molecular flexibility index (Phi) is 6.22. The topological polar surface area (TPSA) is 92.9 Å². The Morgan fingerprint density at radius 3 is 2.57 bits per heavy atom. The van der Waals surface area contributed by atoms with Crippen molar-refractivity contribution in [1.29, 1.82) is 0 Å². The van der Waals surface area contributed by atoms with Gasteiger partial charge < -0.3 is 16.4 Å². The fourth-order valence-corrected chi connectivity index (χ4v) is 2.92. The zero-order chi connectivity index (χ0) is 19.9. The number of nitrogens with two attached hydrogens (primary N) is 1. The lowest BCUT2D eigenvalue weighted by atomic mass is 10.0. The SMILES string of the molecule is Cc1cccc(-c2cc(NCCCNC(=O)c3ccccc3)nc(N)n2)c1C. The molecule has 6 nitrogen and oxygen atoms in total. The molecule has 0 saturated carbocycles. The third-order valence-electron chi connectivity index (χ3n) is 4.61. The molecule has 0 atom stereocenters. The summed E-state index contributed by atoms with van der Waals surface area (Å²) in [5, 5.41) is 6.17. The smallest absolute Gasteiger partial charge is 0.251 e. The molecule has 4 N–H and O–H groups in total. The Morgan fingerprint density at radius 1 is 1.00 bits per heavy atom. The minimum atomic E-state index is -0.0657. The first-order valence-corrected chi connectivity index (χ1v) is 9.33. The maximum absolute atomic E-state index is 12.0. The van der Waals surface area contributed by atoms with E-state index in [1.165, 1.54) is 11.1 Å². The van der Waals surface area contributed by atoms with Crippen molar-refractivity contribution in [3.05, 3.63) is 71.3 Å². The fourth-order valence-electron chi connectivity index (χ4n) is 2.92. The first-order valence-electron chi connectivity index (χ1n) is 9.33. The summed E-state index contributed by atoms with van der Waals surface area (Å²) in [7, 11) is 0. The lowest BCUT2D eigenvalue weighted by Gasteiger charge is -2.11. The van der Waals surface area contributed by atoms with Gasteiger partial charge in [-0.15, -0.1) is 0 Å². The first kappa shape index (κ1) is 19.4. The van der Waals surface area contributed by atoms with Crippen LogP contribution in [0.2, 0.25) is 0 Å². The summed E-state index contributed by atoms with van der Waals surface area (Å²) >= 11 is 0. The van der Waals surface area contributed by atoms with Gasteiger partial charge in [0, 0.05) is 30.3 Å². The highest BCUT2D eigenvalue weighted by Crippen LogP contribution is 2.25. The van der Waals surface area contributed by atoms with Crippen LogP contribution in [0.15, 0.2) is 54.6 Å². The highest BCUT2D eigenvalue weighted by atomic mass is 16.1. The zero-order valence-electron chi connectivity index (χ0n) is 16.2. The number of nitrogen functional groups attached to an aromatic ring is 1. The summed E-state index contributed by atoms with van der Waals surface area (Å²) in [5.41, 5.74) is 10.8. The number of benzene rings is 2. The third-order valence-corrected chi connectivity index (χ3v) is 4.61. The summed E-state index contributed by atoms with van der Waals surface area (Å²) in [5.74, 6) is 0.847. The van der Waals surface area contributed by atoms with E-state index in [0.29, 0.717) is 24.5 Å². The standard InChI is InChI=1S/C22H25N5O/c1-15-8-6-11-18(16(15)2)19-14-20(27-22(23)26-19)24-12-7-13-25-21(28)17-9-4-3-5-10-17/h3-6,8-11,14H,7,12-13H2,1-2H3,(H,25,28)(H3,23,24,26,27). The van der Waals surface area contributed by atoms with E-state index in [1.807, 2.05) is 36.4 Å². The van der Waals surface area contributed by atoms with Crippen LogP contribution in [0.3, 0.4) is 0 Å². The molecule has 0 aliphatic carbocycles. The Morgan fingerprint density at radius 2 is 1.79 bits per heavy atom. The van der Waals surface area contributed by atoms with Gasteiger partial charge in [-0.2, -0.15) is 4.98 Å². The largest absolute Gasteiger partial charge is 0.370 e. The molecule has 0 aliphatic rings. The van der Waals surface area contributed by atoms with E-state index in [-0.39, 0.29) is 11.9 Å². The number of aromatic nitrogens is 2. The fraction of sp³-hybridized carbons (Fsp3) is 0.227. The molecule has 0 unspecified atom stereocenters. The molecule has 144 valence electrons. The second-order valence-electron chi connectivity index (χ2n) is 6.65. The molecular formula is C22H25N5O. The Labute approximate surface area is 165 Å². The van der Waals surface area contributed by atoms with Gasteiger partial charge in [0.25, 0.3) is 5.91 Å². The van der Waals surface area contributed by atoms with Crippen molar-refractivity contribution in [2.45, 2.75) is 20.3 Å². The predicted molar refractivity (Wildman–Crippen MR) is 113 cm³/mol. The van der Waals surface area contributed by atoms with Crippen molar-refractivity contribution < 1.29 is 4.79 Å². The Hall–Kier alpha value is -3.41. The van der Waals surface area contributed by atoms with Crippen LogP contribution in [-0.4, -0.2) is 29.0 Å². The minimum Gasteiger partial charge on any atom is -0.370 e. The molecule has 0 bridgehead atoms. The minimum absolute atomic E-state index is 0.0657. The van der Waals surface area contributed by atoms with Crippen LogP contribution in [0.5, 0.6) is 0 Å². The second kappa shape index (κ2) is 8.99. The van der Waals surface area contributed by atoms with Crippen LogP contribution >= 0.6 is 0 Å². The molecule has 0 saturated heterocycles. The average molecular weight is 375 g/mol. The van der Waals surface area contributed by atoms with Gasteiger partial charge >= 0.3 is 0 Å². The molecule has 3 aromatic rings. The quantitative estimate of drug-likeness (QED) is 0.549. The highest BCUT2D eigenvalue weighted by Gasteiger charge is 2.09. The molecule has 3 rings (SSSR count). The van der Waals surface area contributed by atoms with Crippen molar-refractivity contribution in [3.8, 4) is 11.3 Å². The zero-order valence-corrected chi connectivity index (χ0v) is 16.2. The van der Waals surface area contributed by atoms with Gasteiger partial charge in [0.1, 0.15) is 5.82 Å². The summed E-state index contributed by atoms with van der Waals surface area (Å²) < 4.78 is 0. The van der Waals surface area contributed by atoms with Crippen LogP contribution in [0.4, 0.5) is 11.8 Å². The van der Waals surface area contributed by atoms with E-state index in [9.17, 15) is 4.79 Å². The normalized spacial score (nSPS) is 10.5. The van der Waals surface area contributed by atoms with E-state index in [1.54, 1.807) is 12.1 Å². The van der Waals surface area contributed by atoms with Crippen LogP contribution in [0, 0.1) is 13.8 Å². The maximum Gasteiger partial charge on any atom is 0.251 e. The van der Waals surface area contributed by atoms with Gasteiger partial charge in [-0.05, 0) is 43.5 Å². The van der Waals surface area contributed by atoms with Gasteiger partial charge in [-0.3, -0.25) is 4.79 Å². The molecule has 0 spiro atoms. The van der Waals surface area contributed by atoms with Gasteiger partial charge in [0.2, 0.25) is 5.95 Å². The number of aryl methyl sites for hydroxylation is 1. The van der Waals surface area contributed by atoms with Crippen LogP contribution in [0.1, 0.15) is 27.9 Å². The van der Waals surface area contributed by atoms with Crippen LogP contribution in [0.25, 0.3) is 11.3 Å². The molecule has 0 aliphatic heterocycles. The monoisotopic (exact) mass is 375 g/mol. The molecule has 0 fully saturated rings. The van der Waals surface area contributed by atoms with Crippen molar-refractivity contribution in [1.82, 2.24) is 15.3 Å². The highest BCUT2D eigenvalue weighted by molar-refractivity contribution is 5.94. The molecule has 1 amide bonds. The van der Waals surface area contributed by atoms with Crippen molar-refractivity contribution in [3.63, 3.8) is 0 Å². The molecule has 0 radical (unpaired) electrons. The summed E-state index contributed by atoms with van der Waals surface area (Å²) in [6.45, 7) is 5.39. The lowest BCUT2D eigenvalue weighted by Crippen LogP contribution is -2.25. The van der Waals surface area contributed by atoms with Gasteiger partial charge in [-0.25, -0.2) is 4.98 Å². The Bertz CT molecular complexity index is 956. The van der Waals surface area contributed by atoms with Gasteiger partial charge in [0.05, 0.1) is 5.69 Å². The second-order valence-corrected chi connectivity index (χ2v) is 6.65. The maximum atomic E-state index is 12.0.